The van der Waals surface area contributed by atoms with Crippen molar-refractivity contribution >= 4 is 18.0 Å². The second-order valence-electron chi connectivity index (χ2n) is 7.03. The van der Waals surface area contributed by atoms with E-state index in [1.807, 2.05) is 45.0 Å². The molecule has 1 heterocycles. The molecule has 1 aromatic carbocycles. The average molecular weight is 345 g/mol. The summed E-state index contributed by atoms with van der Waals surface area (Å²) in [5.74, 6) is -0.744. The van der Waals surface area contributed by atoms with E-state index in [9.17, 15) is 14.7 Å². The molecule has 25 heavy (non-hydrogen) atoms. The molecule has 1 amide bonds. The second-order valence-corrected chi connectivity index (χ2v) is 7.03. The van der Waals surface area contributed by atoms with Crippen molar-refractivity contribution in [2.24, 2.45) is 5.41 Å². The quantitative estimate of drug-likeness (QED) is 0.855. The maximum absolute atomic E-state index is 12.7. The summed E-state index contributed by atoms with van der Waals surface area (Å²) in [5, 5.41) is 12.5. The van der Waals surface area contributed by atoms with Crippen LogP contribution in [0, 0.1) is 5.41 Å². The number of para-hydroxylation sites is 1. The minimum absolute atomic E-state index is 0.119. The van der Waals surface area contributed by atoms with Crippen LogP contribution in [0.1, 0.15) is 32.8 Å². The summed E-state index contributed by atoms with van der Waals surface area (Å²) in [6.45, 7) is 6.12. The molecule has 0 aromatic heterocycles. The highest BCUT2D eigenvalue weighted by Gasteiger charge is 2.66. The summed E-state index contributed by atoms with van der Waals surface area (Å²) in [7, 11) is 0. The van der Waals surface area contributed by atoms with E-state index in [-0.39, 0.29) is 19.1 Å². The lowest BCUT2D eigenvalue weighted by molar-refractivity contribution is -0.194. The summed E-state index contributed by atoms with van der Waals surface area (Å²) in [5.41, 5.74) is -0.835. The minimum atomic E-state index is -1.35. The third kappa shape index (κ3) is 2.70. The summed E-state index contributed by atoms with van der Waals surface area (Å²) < 4.78 is 11.2. The molecule has 0 saturated heterocycles. The zero-order valence-electron chi connectivity index (χ0n) is 14.7. The van der Waals surface area contributed by atoms with Crippen molar-refractivity contribution in [3.63, 3.8) is 0 Å². The molecular weight excluding hydrogens is 322 g/mol. The lowest BCUT2D eigenvalue weighted by atomic mass is 9.54. The Morgan fingerprint density at radius 3 is 2.72 bits per heavy atom. The highest BCUT2D eigenvalue weighted by molar-refractivity contribution is 6.02. The topological polar surface area (TPSA) is 84.9 Å². The van der Waals surface area contributed by atoms with E-state index in [0.717, 1.165) is 5.56 Å². The van der Waals surface area contributed by atoms with Gasteiger partial charge in [0.15, 0.2) is 0 Å². The summed E-state index contributed by atoms with van der Waals surface area (Å²) >= 11 is 0. The molecule has 2 aliphatic rings. The van der Waals surface area contributed by atoms with Crippen molar-refractivity contribution in [3.05, 3.63) is 35.4 Å². The van der Waals surface area contributed by atoms with Gasteiger partial charge in [0, 0.05) is 24.0 Å². The molecule has 1 saturated carbocycles. The van der Waals surface area contributed by atoms with Crippen molar-refractivity contribution in [2.45, 2.75) is 38.8 Å². The number of ether oxygens (including phenoxy) is 2. The van der Waals surface area contributed by atoms with Gasteiger partial charge in [-0.2, -0.15) is 0 Å². The number of benzene rings is 1. The Labute approximate surface area is 146 Å². The van der Waals surface area contributed by atoms with E-state index in [2.05, 4.69) is 5.32 Å². The summed E-state index contributed by atoms with van der Waals surface area (Å²) in [6.07, 6.45) is 1.79. The van der Waals surface area contributed by atoms with Crippen molar-refractivity contribution < 1.29 is 24.2 Å². The number of aliphatic carboxylic acids is 1. The number of carbonyl (C=O) groups is 2. The second kappa shape index (κ2) is 6.19. The highest BCUT2D eigenvalue weighted by Crippen LogP contribution is 2.51. The molecule has 6 heteroatoms. The monoisotopic (exact) mass is 345 g/mol. The fourth-order valence-electron chi connectivity index (χ4n) is 3.56. The molecule has 1 aromatic rings. The van der Waals surface area contributed by atoms with E-state index in [1.54, 1.807) is 6.08 Å². The first-order chi connectivity index (χ1) is 11.8. The SMILES string of the molecule is CCOC1CC(NC(=O)C2=Cc3ccccc3OC2)(C(=O)O)C1(C)C. The van der Waals surface area contributed by atoms with Crippen molar-refractivity contribution in [2.75, 3.05) is 13.2 Å². The molecule has 1 aliphatic heterocycles. The maximum Gasteiger partial charge on any atom is 0.330 e. The van der Waals surface area contributed by atoms with Crippen LogP contribution < -0.4 is 10.1 Å². The molecule has 2 atom stereocenters. The van der Waals surface area contributed by atoms with E-state index >= 15 is 0 Å². The maximum atomic E-state index is 12.7. The average Bonchev–Trinajstić information content (AvgIpc) is 2.59. The van der Waals surface area contributed by atoms with Crippen LogP contribution in [0.25, 0.3) is 6.08 Å². The van der Waals surface area contributed by atoms with E-state index < -0.39 is 22.8 Å². The number of hydrogen-bond acceptors (Lipinski definition) is 4. The largest absolute Gasteiger partial charge is 0.488 e. The number of fused-ring (bicyclic) bond motifs is 1. The Bertz CT molecular complexity index is 739. The zero-order valence-corrected chi connectivity index (χ0v) is 14.7. The molecule has 0 radical (unpaired) electrons. The van der Waals surface area contributed by atoms with Crippen LogP contribution >= 0.6 is 0 Å². The van der Waals surface area contributed by atoms with Gasteiger partial charge in [-0.05, 0) is 19.1 Å². The summed E-state index contributed by atoms with van der Waals surface area (Å²) in [4.78, 5) is 24.7. The number of amides is 1. The Morgan fingerprint density at radius 2 is 2.08 bits per heavy atom. The predicted octanol–water partition coefficient (Wildman–Crippen LogP) is 2.24. The van der Waals surface area contributed by atoms with E-state index in [1.165, 1.54) is 0 Å². The van der Waals surface area contributed by atoms with Crippen molar-refractivity contribution in [1.82, 2.24) is 5.32 Å². The van der Waals surface area contributed by atoms with Crippen molar-refractivity contribution in [3.8, 4) is 5.75 Å². The number of carbonyl (C=O) groups excluding carboxylic acids is 1. The van der Waals surface area contributed by atoms with Crippen LogP contribution in [0.3, 0.4) is 0 Å². The third-order valence-electron chi connectivity index (χ3n) is 5.38. The highest BCUT2D eigenvalue weighted by atomic mass is 16.5. The first-order valence-corrected chi connectivity index (χ1v) is 8.41. The van der Waals surface area contributed by atoms with Crippen LogP contribution in [0.15, 0.2) is 29.8 Å². The molecule has 0 spiro atoms. The number of rotatable bonds is 5. The molecular formula is C19H23NO5. The lowest BCUT2D eigenvalue weighted by Crippen LogP contribution is -2.76. The molecule has 1 fully saturated rings. The van der Waals surface area contributed by atoms with E-state index in [0.29, 0.717) is 17.9 Å². The van der Waals surface area contributed by atoms with Crippen LogP contribution in [0.2, 0.25) is 0 Å². The first kappa shape index (κ1) is 17.5. The lowest BCUT2D eigenvalue weighted by Gasteiger charge is -2.58. The minimum Gasteiger partial charge on any atom is -0.488 e. The van der Waals surface area contributed by atoms with Gasteiger partial charge < -0.3 is 19.9 Å². The molecule has 134 valence electrons. The van der Waals surface area contributed by atoms with Gasteiger partial charge in [-0.3, -0.25) is 4.79 Å². The van der Waals surface area contributed by atoms with Gasteiger partial charge in [0.1, 0.15) is 17.9 Å². The van der Waals surface area contributed by atoms with Crippen molar-refractivity contribution in [1.29, 1.82) is 0 Å². The van der Waals surface area contributed by atoms with Gasteiger partial charge in [-0.15, -0.1) is 0 Å². The van der Waals surface area contributed by atoms with Gasteiger partial charge in [-0.25, -0.2) is 4.79 Å². The normalized spacial score (nSPS) is 26.5. The standard InChI is InChI=1S/C19H23NO5/c1-4-24-15-10-19(17(22)23,18(15,2)3)20-16(21)13-9-12-7-5-6-8-14(12)25-11-13/h5-9,15H,4,10-11H2,1-3H3,(H,20,21)(H,22,23). The van der Waals surface area contributed by atoms with Gasteiger partial charge in [-0.1, -0.05) is 32.0 Å². The Kier molecular flexibility index (Phi) is 4.33. The summed E-state index contributed by atoms with van der Waals surface area (Å²) in [6, 6.07) is 7.41. The van der Waals surface area contributed by atoms with Crippen LogP contribution in [-0.4, -0.2) is 41.8 Å². The molecule has 0 bridgehead atoms. The van der Waals surface area contributed by atoms with Gasteiger partial charge in [0.05, 0.1) is 11.7 Å². The molecule has 2 N–H and O–H groups in total. The Hall–Kier alpha value is -2.34. The van der Waals surface area contributed by atoms with Gasteiger partial charge >= 0.3 is 5.97 Å². The third-order valence-corrected chi connectivity index (χ3v) is 5.38. The fourth-order valence-corrected chi connectivity index (χ4v) is 3.56. The molecule has 2 unspecified atom stereocenters. The predicted molar refractivity (Wildman–Crippen MR) is 92.2 cm³/mol. The van der Waals surface area contributed by atoms with Gasteiger partial charge in [0.25, 0.3) is 5.91 Å². The molecule has 1 aliphatic carbocycles. The zero-order chi connectivity index (χ0) is 18.2. The fraction of sp³-hybridized carbons (Fsp3) is 0.474. The first-order valence-electron chi connectivity index (χ1n) is 8.41. The number of carboxylic acids is 1. The Morgan fingerprint density at radius 1 is 1.36 bits per heavy atom. The number of hydrogen-bond donors (Lipinski definition) is 2. The number of nitrogens with one attached hydrogen (secondary N) is 1. The van der Waals surface area contributed by atoms with Crippen LogP contribution in [0.4, 0.5) is 0 Å². The van der Waals surface area contributed by atoms with Crippen LogP contribution in [-0.2, 0) is 14.3 Å². The van der Waals surface area contributed by atoms with Crippen LogP contribution in [0.5, 0.6) is 5.75 Å². The molecule has 3 rings (SSSR count). The van der Waals surface area contributed by atoms with E-state index in [4.69, 9.17) is 9.47 Å². The number of carboxylic acid groups (broad SMARTS) is 1. The van der Waals surface area contributed by atoms with Gasteiger partial charge in [0.2, 0.25) is 0 Å². The molecule has 6 nitrogen and oxygen atoms in total. The Balaban J connectivity index is 1.82. The smallest absolute Gasteiger partial charge is 0.330 e.